The van der Waals surface area contributed by atoms with Crippen molar-refractivity contribution >= 4 is 15.9 Å². The number of ether oxygens (including phenoxy) is 1. The summed E-state index contributed by atoms with van der Waals surface area (Å²) in [6.45, 7) is 9.28. The van der Waals surface area contributed by atoms with Crippen LogP contribution < -0.4 is 4.74 Å². The molecule has 1 aromatic rings. The molecule has 0 amide bonds. The van der Waals surface area contributed by atoms with Crippen molar-refractivity contribution in [2.75, 3.05) is 6.61 Å². The van der Waals surface area contributed by atoms with Gasteiger partial charge in [0.15, 0.2) is 0 Å². The van der Waals surface area contributed by atoms with Gasteiger partial charge in [0, 0.05) is 4.47 Å². The van der Waals surface area contributed by atoms with E-state index in [1.54, 1.807) is 0 Å². The minimum absolute atomic E-state index is 0.568. The Hall–Kier alpha value is -0.500. The van der Waals surface area contributed by atoms with Gasteiger partial charge in [-0.25, -0.2) is 0 Å². The smallest absolute Gasteiger partial charge is 0.122 e. The highest BCUT2D eigenvalue weighted by Crippen LogP contribution is 2.27. The minimum Gasteiger partial charge on any atom is -0.493 e. The maximum atomic E-state index is 5.71. The molecular weight excluding hydrogens is 240 g/mol. The quantitative estimate of drug-likeness (QED) is 0.792. The maximum absolute atomic E-state index is 5.71. The largest absolute Gasteiger partial charge is 0.493 e. The second kappa shape index (κ2) is 4.83. The van der Waals surface area contributed by atoms with Gasteiger partial charge in [-0.1, -0.05) is 29.8 Å². The van der Waals surface area contributed by atoms with E-state index in [9.17, 15) is 0 Å². The zero-order chi connectivity index (χ0) is 10.7. The molecule has 0 saturated carbocycles. The van der Waals surface area contributed by atoms with Gasteiger partial charge < -0.3 is 4.74 Å². The summed E-state index contributed by atoms with van der Waals surface area (Å²) in [6.07, 6.45) is 0. The van der Waals surface area contributed by atoms with E-state index in [0.717, 1.165) is 16.8 Å². The van der Waals surface area contributed by atoms with Crippen LogP contribution in [0.25, 0.3) is 0 Å². The summed E-state index contributed by atoms with van der Waals surface area (Å²) in [5, 5.41) is 0. The van der Waals surface area contributed by atoms with Crippen LogP contribution in [0, 0.1) is 19.8 Å². The molecule has 0 aliphatic carbocycles. The fourth-order valence-electron chi connectivity index (χ4n) is 1.18. The number of benzene rings is 1. The van der Waals surface area contributed by atoms with Crippen LogP contribution in [0.5, 0.6) is 5.75 Å². The highest BCUT2D eigenvalue weighted by atomic mass is 79.9. The zero-order valence-corrected chi connectivity index (χ0v) is 10.8. The Bertz CT molecular complexity index is 318. The average Bonchev–Trinajstić information content (AvgIpc) is 2.13. The lowest BCUT2D eigenvalue weighted by Crippen LogP contribution is -2.05. The van der Waals surface area contributed by atoms with Crippen molar-refractivity contribution in [2.45, 2.75) is 27.7 Å². The Kier molecular flexibility index (Phi) is 3.99. The molecule has 2 heteroatoms. The molecule has 0 saturated heterocycles. The van der Waals surface area contributed by atoms with Gasteiger partial charge in [-0.05, 0) is 43.0 Å². The van der Waals surface area contributed by atoms with Gasteiger partial charge in [-0.2, -0.15) is 0 Å². The first-order valence-electron chi connectivity index (χ1n) is 4.91. The molecule has 1 nitrogen and oxygen atoms in total. The van der Waals surface area contributed by atoms with Gasteiger partial charge in [0.2, 0.25) is 0 Å². The molecule has 1 rings (SSSR count). The maximum Gasteiger partial charge on any atom is 0.122 e. The number of halogens is 1. The molecule has 0 spiro atoms. The van der Waals surface area contributed by atoms with Crippen LogP contribution in [0.15, 0.2) is 16.6 Å². The van der Waals surface area contributed by atoms with Gasteiger partial charge in [-0.15, -0.1) is 0 Å². The lowest BCUT2D eigenvalue weighted by Gasteiger charge is -2.13. The summed E-state index contributed by atoms with van der Waals surface area (Å²) in [7, 11) is 0. The Morgan fingerprint density at radius 2 is 1.86 bits per heavy atom. The molecule has 0 atom stereocenters. The number of rotatable bonds is 3. The molecule has 0 unspecified atom stereocenters. The van der Waals surface area contributed by atoms with Crippen LogP contribution in [0.3, 0.4) is 0 Å². The van der Waals surface area contributed by atoms with E-state index in [1.807, 2.05) is 12.1 Å². The molecule has 0 bridgehead atoms. The van der Waals surface area contributed by atoms with Crippen LogP contribution in [-0.2, 0) is 0 Å². The summed E-state index contributed by atoms with van der Waals surface area (Å²) < 4.78 is 6.86. The fraction of sp³-hybridized carbons (Fsp3) is 0.500. The third-order valence-electron chi connectivity index (χ3n) is 2.24. The summed E-state index contributed by atoms with van der Waals surface area (Å²) in [6, 6.07) is 4.06. The van der Waals surface area contributed by atoms with E-state index < -0.39 is 0 Å². The van der Waals surface area contributed by atoms with Crippen LogP contribution in [0.2, 0.25) is 0 Å². The third-order valence-corrected chi connectivity index (χ3v) is 3.10. The van der Waals surface area contributed by atoms with E-state index in [4.69, 9.17) is 4.74 Å². The first-order valence-corrected chi connectivity index (χ1v) is 5.70. The number of hydrogen-bond donors (Lipinski definition) is 0. The van der Waals surface area contributed by atoms with E-state index in [-0.39, 0.29) is 0 Å². The summed E-state index contributed by atoms with van der Waals surface area (Å²) in [5.74, 6) is 1.57. The summed E-state index contributed by atoms with van der Waals surface area (Å²) in [5.41, 5.74) is 2.48. The predicted octanol–water partition coefficient (Wildman–Crippen LogP) is 4.10. The van der Waals surface area contributed by atoms with Crippen LogP contribution in [0.1, 0.15) is 25.0 Å². The highest BCUT2D eigenvalue weighted by Gasteiger charge is 2.05. The molecule has 0 aliphatic heterocycles. The SMILES string of the molecule is Cc1c(Br)ccc(OCC(C)C)c1C. The van der Waals surface area contributed by atoms with Gasteiger partial charge in [0.25, 0.3) is 0 Å². The van der Waals surface area contributed by atoms with Crippen molar-refractivity contribution in [1.29, 1.82) is 0 Å². The number of hydrogen-bond acceptors (Lipinski definition) is 1. The van der Waals surface area contributed by atoms with E-state index in [2.05, 4.69) is 43.6 Å². The zero-order valence-electron chi connectivity index (χ0n) is 9.23. The van der Waals surface area contributed by atoms with Gasteiger partial charge >= 0.3 is 0 Å². The molecule has 78 valence electrons. The van der Waals surface area contributed by atoms with Crippen LogP contribution >= 0.6 is 15.9 Å². The van der Waals surface area contributed by atoms with E-state index in [0.29, 0.717) is 5.92 Å². The summed E-state index contributed by atoms with van der Waals surface area (Å²) >= 11 is 3.50. The molecule has 0 fully saturated rings. The Morgan fingerprint density at radius 3 is 2.43 bits per heavy atom. The Balaban J connectivity index is 2.83. The highest BCUT2D eigenvalue weighted by molar-refractivity contribution is 9.10. The molecule has 14 heavy (non-hydrogen) atoms. The van der Waals surface area contributed by atoms with E-state index in [1.165, 1.54) is 11.1 Å². The Morgan fingerprint density at radius 1 is 1.21 bits per heavy atom. The minimum atomic E-state index is 0.568. The van der Waals surface area contributed by atoms with Crippen molar-refractivity contribution in [1.82, 2.24) is 0 Å². The third kappa shape index (κ3) is 2.74. The van der Waals surface area contributed by atoms with E-state index >= 15 is 0 Å². The molecule has 1 aromatic carbocycles. The van der Waals surface area contributed by atoms with Crippen molar-refractivity contribution in [3.8, 4) is 5.75 Å². The molecule has 0 aromatic heterocycles. The average molecular weight is 257 g/mol. The van der Waals surface area contributed by atoms with Crippen molar-refractivity contribution < 1.29 is 4.74 Å². The van der Waals surface area contributed by atoms with Gasteiger partial charge in [-0.3, -0.25) is 0 Å². The monoisotopic (exact) mass is 256 g/mol. The second-order valence-electron chi connectivity index (χ2n) is 4.00. The second-order valence-corrected chi connectivity index (χ2v) is 4.85. The Labute approximate surface area is 94.6 Å². The first kappa shape index (κ1) is 11.6. The van der Waals surface area contributed by atoms with Gasteiger partial charge in [0.1, 0.15) is 5.75 Å². The normalized spacial score (nSPS) is 10.7. The fourth-order valence-corrected chi connectivity index (χ4v) is 1.61. The predicted molar refractivity (Wildman–Crippen MR) is 63.9 cm³/mol. The molecular formula is C12H17BrO. The standard InChI is InChI=1S/C12H17BrO/c1-8(2)7-14-12-6-5-11(13)9(3)10(12)4/h5-6,8H,7H2,1-4H3. The van der Waals surface area contributed by atoms with Crippen molar-refractivity contribution in [3.63, 3.8) is 0 Å². The topological polar surface area (TPSA) is 9.23 Å². The summed E-state index contributed by atoms with van der Waals surface area (Å²) in [4.78, 5) is 0. The molecule has 0 N–H and O–H groups in total. The van der Waals surface area contributed by atoms with Crippen molar-refractivity contribution in [3.05, 3.63) is 27.7 Å². The van der Waals surface area contributed by atoms with Crippen molar-refractivity contribution in [2.24, 2.45) is 5.92 Å². The van der Waals surface area contributed by atoms with Crippen LogP contribution in [-0.4, -0.2) is 6.61 Å². The molecule has 0 aliphatic rings. The lowest BCUT2D eigenvalue weighted by atomic mass is 10.1. The first-order chi connectivity index (χ1) is 6.52. The molecule has 0 heterocycles. The lowest BCUT2D eigenvalue weighted by molar-refractivity contribution is 0.269. The molecule has 0 radical (unpaired) electrons. The van der Waals surface area contributed by atoms with Crippen LogP contribution in [0.4, 0.5) is 0 Å². The van der Waals surface area contributed by atoms with Gasteiger partial charge in [0.05, 0.1) is 6.61 Å².